The van der Waals surface area contributed by atoms with Crippen LogP contribution in [0.15, 0.2) is 65.1 Å². The SMILES string of the molecule is CCOc1cc(/C=C(/C#N)c2ccc([N+](=O)[O-])cc2)c(Br)cc1OCC(=O)Nc1ccc(C)cc1. The third-order valence-electron chi connectivity index (χ3n) is 4.87. The molecule has 0 aliphatic carbocycles. The molecule has 0 saturated carbocycles. The van der Waals surface area contributed by atoms with Crippen molar-refractivity contribution < 1.29 is 19.2 Å². The van der Waals surface area contributed by atoms with Gasteiger partial charge in [0.15, 0.2) is 18.1 Å². The molecule has 0 aliphatic rings. The Morgan fingerprint density at radius 2 is 1.77 bits per heavy atom. The maximum atomic E-state index is 12.3. The van der Waals surface area contributed by atoms with E-state index in [0.29, 0.717) is 45.0 Å². The molecule has 3 aromatic carbocycles. The number of non-ortho nitro benzene ring substituents is 1. The molecule has 0 aromatic heterocycles. The Bertz CT molecular complexity index is 1300. The summed E-state index contributed by atoms with van der Waals surface area (Å²) in [7, 11) is 0. The van der Waals surface area contributed by atoms with Crippen LogP contribution in [0.4, 0.5) is 11.4 Å². The number of ether oxygens (including phenoxy) is 2. The number of halogens is 1. The molecule has 3 aromatic rings. The predicted octanol–water partition coefficient (Wildman–Crippen LogP) is 6.15. The van der Waals surface area contributed by atoms with Gasteiger partial charge in [0.05, 0.1) is 23.2 Å². The van der Waals surface area contributed by atoms with E-state index in [9.17, 15) is 20.2 Å². The van der Waals surface area contributed by atoms with Crippen LogP contribution in [0.2, 0.25) is 0 Å². The van der Waals surface area contributed by atoms with E-state index in [-0.39, 0.29) is 18.2 Å². The molecule has 8 nitrogen and oxygen atoms in total. The van der Waals surface area contributed by atoms with Crippen LogP contribution in [0.5, 0.6) is 11.5 Å². The second kappa shape index (κ2) is 11.8. The molecule has 0 unspecified atom stereocenters. The highest BCUT2D eigenvalue weighted by Crippen LogP contribution is 2.36. The number of hydrogen-bond donors (Lipinski definition) is 1. The Labute approximate surface area is 211 Å². The number of anilines is 1. The number of nitrogens with one attached hydrogen (secondary N) is 1. The Hall–Kier alpha value is -4.16. The summed E-state index contributed by atoms with van der Waals surface area (Å²) in [5.74, 6) is 0.455. The summed E-state index contributed by atoms with van der Waals surface area (Å²) < 4.78 is 12.0. The van der Waals surface area contributed by atoms with Crippen molar-refractivity contribution >= 4 is 44.9 Å². The van der Waals surface area contributed by atoms with Crippen molar-refractivity contribution in [1.82, 2.24) is 0 Å². The quantitative estimate of drug-likeness (QED) is 0.152. The number of hydrogen-bond acceptors (Lipinski definition) is 6. The van der Waals surface area contributed by atoms with Crippen molar-refractivity contribution in [2.24, 2.45) is 0 Å². The number of allylic oxidation sites excluding steroid dienone is 1. The molecule has 178 valence electrons. The molecule has 0 saturated heterocycles. The smallest absolute Gasteiger partial charge is 0.269 e. The molecule has 0 fully saturated rings. The number of nitrogens with zero attached hydrogens (tertiary/aromatic N) is 2. The average Bonchev–Trinajstić information content (AvgIpc) is 2.84. The molecular formula is C26H22BrN3O5. The lowest BCUT2D eigenvalue weighted by Gasteiger charge is -2.14. The molecule has 0 bridgehead atoms. The van der Waals surface area contributed by atoms with Crippen LogP contribution in [-0.4, -0.2) is 24.0 Å². The number of rotatable bonds is 9. The van der Waals surface area contributed by atoms with Gasteiger partial charge in [0.1, 0.15) is 0 Å². The molecule has 1 amide bonds. The number of nitriles is 1. The molecule has 3 rings (SSSR count). The van der Waals surface area contributed by atoms with E-state index in [1.807, 2.05) is 38.1 Å². The number of amides is 1. The number of carbonyl (C=O) groups is 1. The number of benzene rings is 3. The van der Waals surface area contributed by atoms with Gasteiger partial charge in [0.2, 0.25) is 0 Å². The topological polar surface area (TPSA) is 114 Å². The van der Waals surface area contributed by atoms with Gasteiger partial charge in [-0.05, 0) is 67.4 Å². The standard InChI is InChI=1S/C26H22BrN3O5/c1-3-34-24-13-19(12-20(15-28)18-6-10-22(11-7-18)30(32)33)23(27)14-25(24)35-16-26(31)29-21-8-4-17(2)5-9-21/h4-14H,3,16H2,1-2H3,(H,29,31)/b20-12-. The van der Waals surface area contributed by atoms with Gasteiger partial charge in [0.25, 0.3) is 11.6 Å². The third-order valence-corrected chi connectivity index (χ3v) is 5.55. The molecule has 0 heterocycles. The third kappa shape index (κ3) is 6.91. The highest BCUT2D eigenvalue weighted by Gasteiger charge is 2.14. The van der Waals surface area contributed by atoms with E-state index in [4.69, 9.17) is 9.47 Å². The number of carbonyl (C=O) groups excluding carboxylic acids is 1. The van der Waals surface area contributed by atoms with Gasteiger partial charge in [-0.25, -0.2) is 0 Å². The lowest BCUT2D eigenvalue weighted by atomic mass is 10.0. The van der Waals surface area contributed by atoms with Crippen molar-refractivity contribution in [1.29, 1.82) is 5.26 Å². The summed E-state index contributed by atoms with van der Waals surface area (Å²) in [5.41, 5.74) is 3.20. The monoisotopic (exact) mass is 535 g/mol. The first-order valence-corrected chi connectivity index (χ1v) is 11.4. The maximum absolute atomic E-state index is 12.3. The maximum Gasteiger partial charge on any atom is 0.269 e. The molecule has 0 spiro atoms. The van der Waals surface area contributed by atoms with Gasteiger partial charge in [-0.1, -0.05) is 33.6 Å². The summed E-state index contributed by atoms with van der Waals surface area (Å²) in [6, 6.07) is 18.7. The Morgan fingerprint density at radius 3 is 2.37 bits per heavy atom. The van der Waals surface area contributed by atoms with E-state index in [1.54, 1.807) is 18.2 Å². The summed E-state index contributed by atoms with van der Waals surface area (Å²) in [5, 5.41) is 23.3. The lowest BCUT2D eigenvalue weighted by Crippen LogP contribution is -2.20. The zero-order chi connectivity index (χ0) is 25.4. The second-order valence-electron chi connectivity index (χ2n) is 7.43. The fraction of sp³-hybridized carbons (Fsp3) is 0.154. The van der Waals surface area contributed by atoms with Gasteiger partial charge < -0.3 is 14.8 Å². The molecule has 35 heavy (non-hydrogen) atoms. The van der Waals surface area contributed by atoms with Crippen molar-refractivity contribution in [2.75, 3.05) is 18.5 Å². The predicted molar refractivity (Wildman–Crippen MR) is 137 cm³/mol. The molecule has 0 radical (unpaired) electrons. The minimum Gasteiger partial charge on any atom is -0.490 e. The van der Waals surface area contributed by atoms with Crippen LogP contribution in [-0.2, 0) is 4.79 Å². The number of nitro benzene ring substituents is 1. The summed E-state index contributed by atoms with van der Waals surface area (Å²) in [4.78, 5) is 22.7. The van der Waals surface area contributed by atoms with Gasteiger partial charge in [0, 0.05) is 22.3 Å². The summed E-state index contributed by atoms with van der Waals surface area (Å²) in [6.45, 7) is 3.93. The van der Waals surface area contributed by atoms with Crippen molar-refractivity contribution in [2.45, 2.75) is 13.8 Å². The minimum absolute atomic E-state index is 0.0567. The van der Waals surface area contributed by atoms with E-state index < -0.39 is 4.92 Å². The second-order valence-corrected chi connectivity index (χ2v) is 8.28. The molecule has 1 N–H and O–H groups in total. The Balaban J connectivity index is 1.81. The molecule has 0 aliphatic heterocycles. The molecule has 0 atom stereocenters. The zero-order valence-electron chi connectivity index (χ0n) is 19.1. The van der Waals surface area contributed by atoms with Gasteiger partial charge in [-0.3, -0.25) is 14.9 Å². The largest absolute Gasteiger partial charge is 0.490 e. The van der Waals surface area contributed by atoms with Crippen LogP contribution in [0.1, 0.15) is 23.6 Å². The zero-order valence-corrected chi connectivity index (χ0v) is 20.7. The van der Waals surface area contributed by atoms with E-state index in [1.165, 1.54) is 24.3 Å². The van der Waals surface area contributed by atoms with Crippen molar-refractivity contribution in [3.05, 3.63) is 91.9 Å². The first kappa shape index (κ1) is 25.5. The van der Waals surface area contributed by atoms with E-state index in [0.717, 1.165) is 5.56 Å². The van der Waals surface area contributed by atoms with Crippen LogP contribution in [0.25, 0.3) is 11.6 Å². The Morgan fingerprint density at radius 1 is 1.11 bits per heavy atom. The molecular weight excluding hydrogens is 514 g/mol. The fourth-order valence-electron chi connectivity index (χ4n) is 3.12. The Kier molecular flexibility index (Phi) is 8.59. The summed E-state index contributed by atoms with van der Waals surface area (Å²) in [6.07, 6.45) is 1.64. The lowest BCUT2D eigenvalue weighted by molar-refractivity contribution is -0.384. The van der Waals surface area contributed by atoms with Crippen molar-refractivity contribution in [3.63, 3.8) is 0 Å². The minimum atomic E-state index is -0.496. The normalized spacial score (nSPS) is 10.9. The fourth-order valence-corrected chi connectivity index (χ4v) is 3.56. The van der Waals surface area contributed by atoms with Gasteiger partial charge in [-0.2, -0.15) is 5.26 Å². The van der Waals surface area contributed by atoms with Crippen LogP contribution < -0.4 is 14.8 Å². The van der Waals surface area contributed by atoms with Gasteiger partial charge >= 0.3 is 0 Å². The van der Waals surface area contributed by atoms with Crippen LogP contribution in [0, 0.1) is 28.4 Å². The highest BCUT2D eigenvalue weighted by molar-refractivity contribution is 9.10. The van der Waals surface area contributed by atoms with Gasteiger partial charge in [-0.15, -0.1) is 0 Å². The van der Waals surface area contributed by atoms with Crippen LogP contribution >= 0.6 is 15.9 Å². The van der Waals surface area contributed by atoms with E-state index in [2.05, 4.69) is 27.3 Å². The van der Waals surface area contributed by atoms with Crippen LogP contribution in [0.3, 0.4) is 0 Å². The highest BCUT2D eigenvalue weighted by atomic mass is 79.9. The molecule has 9 heteroatoms. The average molecular weight is 536 g/mol. The number of aryl methyl sites for hydroxylation is 1. The number of nitro groups is 1. The summed E-state index contributed by atoms with van der Waals surface area (Å²) >= 11 is 3.48. The van der Waals surface area contributed by atoms with Crippen molar-refractivity contribution in [3.8, 4) is 17.6 Å². The first-order chi connectivity index (χ1) is 16.8. The first-order valence-electron chi connectivity index (χ1n) is 10.6. The van der Waals surface area contributed by atoms with E-state index >= 15 is 0 Å².